The van der Waals surface area contributed by atoms with Gasteiger partial charge in [-0.25, -0.2) is 0 Å². The highest BCUT2D eigenvalue weighted by Crippen LogP contribution is 2.35. The van der Waals surface area contributed by atoms with Crippen molar-refractivity contribution < 1.29 is 0 Å². The smallest absolute Gasteiger partial charge is 0.159 e. The molecule has 30 heavy (non-hydrogen) atoms. The SMILES string of the molecule is CCN(Cc1ccccc1Cl)c1nnc(-c2c(C)cc(C)cc2C)c2ccccc12. The summed E-state index contributed by atoms with van der Waals surface area (Å²) in [6.07, 6.45) is 0. The van der Waals surface area contributed by atoms with Crippen molar-refractivity contribution in [1.82, 2.24) is 10.2 Å². The third kappa shape index (κ3) is 3.78. The molecule has 0 spiro atoms. The van der Waals surface area contributed by atoms with E-state index in [2.05, 4.69) is 75.1 Å². The summed E-state index contributed by atoms with van der Waals surface area (Å²) in [5.41, 5.74) is 6.91. The van der Waals surface area contributed by atoms with E-state index in [0.717, 1.165) is 39.4 Å². The zero-order chi connectivity index (χ0) is 21.3. The largest absolute Gasteiger partial charge is 0.351 e. The lowest BCUT2D eigenvalue weighted by Crippen LogP contribution is -2.24. The Morgan fingerprint density at radius 3 is 2.13 bits per heavy atom. The molecule has 0 amide bonds. The van der Waals surface area contributed by atoms with Crippen LogP contribution in [0.25, 0.3) is 22.0 Å². The van der Waals surface area contributed by atoms with Crippen molar-refractivity contribution in [2.45, 2.75) is 34.2 Å². The molecule has 0 saturated carbocycles. The predicted octanol–water partition coefficient (Wildman–Crippen LogP) is 6.90. The Morgan fingerprint density at radius 1 is 0.833 bits per heavy atom. The third-order valence-corrected chi connectivity index (χ3v) is 5.95. The van der Waals surface area contributed by atoms with E-state index in [1.54, 1.807) is 0 Å². The summed E-state index contributed by atoms with van der Waals surface area (Å²) in [5, 5.41) is 12.5. The minimum atomic E-state index is 0.691. The van der Waals surface area contributed by atoms with Gasteiger partial charge in [-0.1, -0.05) is 71.8 Å². The quantitative estimate of drug-likeness (QED) is 0.355. The van der Waals surface area contributed by atoms with E-state index in [1.807, 2.05) is 18.2 Å². The van der Waals surface area contributed by atoms with Crippen LogP contribution in [-0.4, -0.2) is 16.7 Å². The summed E-state index contributed by atoms with van der Waals surface area (Å²) in [6, 6.07) is 20.8. The van der Waals surface area contributed by atoms with E-state index >= 15 is 0 Å². The fourth-order valence-electron chi connectivity index (χ4n) is 4.23. The number of benzene rings is 3. The Labute approximate surface area is 183 Å². The van der Waals surface area contributed by atoms with Crippen molar-refractivity contribution in [3.8, 4) is 11.3 Å². The van der Waals surface area contributed by atoms with Crippen LogP contribution in [-0.2, 0) is 6.54 Å². The first kappa shape index (κ1) is 20.4. The average molecular weight is 416 g/mol. The van der Waals surface area contributed by atoms with Crippen LogP contribution in [0.15, 0.2) is 60.7 Å². The van der Waals surface area contributed by atoms with E-state index in [9.17, 15) is 0 Å². The van der Waals surface area contributed by atoms with E-state index in [4.69, 9.17) is 21.8 Å². The molecule has 4 aromatic rings. The van der Waals surface area contributed by atoms with Gasteiger partial charge < -0.3 is 4.90 Å². The second kappa shape index (κ2) is 8.45. The van der Waals surface area contributed by atoms with Crippen LogP contribution in [0.1, 0.15) is 29.2 Å². The van der Waals surface area contributed by atoms with Crippen molar-refractivity contribution in [2.75, 3.05) is 11.4 Å². The molecule has 0 aliphatic heterocycles. The molecule has 1 aromatic heterocycles. The van der Waals surface area contributed by atoms with Gasteiger partial charge in [0.2, 0.25) is 0 Å². The zero-order valence-corrected chi connectivity index (χ0v) is 18.7. The number of hydrogen-bond donors (Lipinski definition) is 0. The Hall–Kier alpha value is -2.91. The second-order valence-corrected chi connectivity index (χ2v) is 8.20. The molecule has 4 heteroatoms. The summed E-state index contributed by atoms with van der Waals surface area (Å²) in [7, 11) is 0. The monoisotopic (exact) mass is 415 g/mol. The molecule has 0 aliphatic carbocycles. The van der Waals surface area contributed by atoms with E-state index in [-0.39, 0.29) is 0 Å². The second-order valence-electron chi connectivity index (χ2n) is 7.80. The zero-order valence-electron chi connectivity index (χ0n) is 17.9. The maximum atomic E-state index is 6.42. The number of aryl methyl sites for hydroxylation is 3. The van der Waals surface area contributed by atoms with Gasteiger partial charge in [0, 0.05) is 34.4 Å². The fourth-order valence-corrected chi connectivity index (χ4v) is 4.43. The Bertz CT molecular complexity index is 1190. The standard InChI is InChI=1S/C26H26ClN3/c1-5-30(16-20-10-6-9-13-23(20)27)26-22-12-8-7-11-21(22)25(28-29-26)24-18(3)14-17(2)15-19(24)4/h6-15H,5,16H2,1-4H3. The number of hydrogen-bond acceptors (Lipinski definition) is 3. The third-order valence-electron chi connectivity index (χ3n) is 5.58. The molecule has 0 N–H and O–H groups in total. The molecule has 152 valence electrons. The van der Waals surface area contributed by atoms with Crippen LogP contribution in [0, 0.1) is 20.8 Å². The maximum Gasteiger partial charge on any atom is 0.159 e. The Balaban J connectivity index is 1.86. The Morgan fingerprint density at radius 2 is 1.47 bits per heavy atom. The highest BCUT2D eigenvalue weighted by Gasteiger charge is 2.18. The highest BCUT2D eigenvalue weighted by molar-refractivity contribution is 6.31. The number of anilines is 1. The molecule has 0 unspecified atom stereocenters. The summed E-state index contributed by atoms with van der Waals surface area (Å²) < 4.78 is 0. The lowest BCUT2D eigenvalue weighted by atomic mass is 9.94. The van der Waals surface area contributed by atoms with Crippen LogP contribution in [0.2, 0.25) is 5.02 Å². The average Bonchev–Trinajstić information content (AvgIpc) is 2.73. The molecule has 0 aliphatic rings. The minimum Gasteiger partial charge on any atom is -0.351 e. The predicted molar refractivity (Wildman–Crippen MR) is 127 cm³/mol. The van der Waals surface area contributed by atoms with E-state index in [1.165, 1.54) is 22.3 Å². The van der Waals surface area contributed by atoms with Gasteiger partial charge in [0.1, 0.15) is 5.69 Å². The maximum absolute atomic E-state index is 6.42. The van der Waals surface area contributed by atoms with Crippen LogP contribution in [0.5, 0.6) is 0 Å². The number of halogens is 1. The van der Waals surface area contributed by atoms with Gasteiger partial charge in [0.15, 0.2) is 5.82 Å². The summed E-state index contributed by atoms with van der Waals surface area (Å²) in [5.74, 6) is 0.888. The van der Waals surface area contributed by atoms with Crippen molar-refractivity contribution in [2.24, 2.45) is 0 Å². The van der Waals surface area contributed by atoms with Crippen molar-refractivity contribution in [1.29, 1.82) is 0 Å². The summed E-state index contributed by atoms with van der Waals surface area (Å²) in [6.45, 7) is 10.1. The number of nitrogens with zero attached hydrogens (tertiary/aromatic N) is 3. The van der Waals surface area contributed by atoms with Gasteiger partial charge in [-0.2, -0.15) is 0 Å². The topological polar surface area (TPSA) is 29.0 Å². The van der Waals surface area contributed by atoms with Crippen LogP contribution >= 0.6 is 11.6 Å². The highest BCUT2D eigenvalue weighted by atomic mass is 35.5. The molecular formula is C26H26ClN3. The van der Waals surface area contributed by atoms with Gasteiger partial charge >= 0.3 is 0 Å². The van der Waals surface area contributed by atoms with E-state index < -0.39 is 0 Å². The molecule has 0 radical (unpaired) electrons. The first-order valence-electron chi connectivity index (χ1n) is 10.3. The molecule has 3 nitrogen and oxygen atoms in total. The number of fused-ring (bicyclic) bond motifs is 1. The molecule has 0 bridgehead atoms. The number of aromatic nitrogens is 2. The van der Waals surface area contributed by atoms with Gasteiger partial charge in [-0.3, -0.25) is 0 Å². The lowest BCUT2D eigenvalue weighted by Gasteiger charge is -2.24. The molecule has 3 aromatic carbocycles. The molecule has 0 fully saturated rings. The number of rotatable bonds is 5. The van der Waals surface area contributed by atoms with Gasteiger partial charge in [-0.15, -0.1) is 10.2 Å². The van der Waals surface area contributed by atoms with Crippen molar-refractivity contribution >= 4 is 28.2 Å². The summed E-state index contributed by atoms with van der Waals surface area (Å²) >= 11 is 6.42. The fraction of sp³-hybridized carbons (Fsp3) is 0.231. The van der Waals surface area contributed by atoms with Gasteiger partial charge in [0.05, 0.1) is 0 Å². The van der Waals surface area contributed by atoms with Crippen molar-refractivity contribution in [3.05, 3.63) is 87.9 Å². The van der Waals surface area contributed by atoms with Gasteiger partial charge in [-0.05, 0) is 50.5 Å². The lowest BCUT2D eigenvalue weighted by molar-refractivity contribution is 0.804. The normalized spacial score (nSPS) is 11.1. The van der Waals surface area contributed by atoms with Crippen LogP contribution < -0.4 is 4.90 Å². The minimum absolute atomic E-state index is 0.691. The van der Waals surface area contributed by atoms with Gasteiger partial charge in [0.25, 0.3) is 0 Å². The summed E-state index contributed by atoms with van der Waals surface area (Å²) in [4.78, 5) is 2.23. The Kier molecular flexibility index (Phi) is 5.74. The molecular weight excluding hydrogens is 390 g/mol. The molecule has 0 atom stereocenters. The van der Waals surface area contributed by atoms with E-state index in [0.29, 0.717) is 6.54 Å². The van der Waals surface area contributed by atoms with Crippen LogP contribution in [0.4, 0.5) is 5.82 Å². The van der Waals surface area contributed by atoms with Crippen LogP contribution in [0.3, 0.4) is 0 Å². The van der Waals surface area contributed by atoms with Crippen molar-refractivity contribution in [3.63, 3.8) is 0 Å². The molecule has 4 rings (SSSR count). The molecule has 0 saturated heterocycles. The molecule has 1 heterocycles. The first-order valence-corrected chi connectivity index (χ1v) is 10.7. The first-order chi connectivity index (χ1) is 14.5.